The fourth-order valence-electron chi connectivity index (χ4n) is 4.18. The number of nitrogens with zero attached hydrogens (tertiary/aromatic N) is 2. The van der Waals surface area contributed by atoms with Gasteiger partial charge in [-0.15, -0.1) is 13.2 Å². The van der Waals surface area contributed by atoms with Crippen molar-refractivity contribution in [3.63, 3.8) is 0 Å². The number of carbonyl (C=O) groups excluding carboxylic acids is 2. The van der Waals surface area contributed by atoms with Crippen LogP contribution in [0.5, 0.6) is 11.5 Å². The smallest absolute Gasteiger partial charge is 0.497 e. The lowest BCUT2D eigenvalue weighted by Gasteiger charge is -2.36. The van der Waals surface area contributed by atoms with Crippen molar-refractivity contribution in [3.8, 4) is 11.5 Å². The number of hydrogen-bond donors (Lipinski definition) is 2. The number of anilines is 3. The van der Waals surface area contributed by atoms with Gasteiger partial charge in [-0.05, 0) is 60.9 Å². The Labute approximate surface area is 217 Å². The van der Waals surface area contributed by atoms with Crippen molar-refractivity contribution < 1.29 is 32.2 Å². The minimum absolute atomic E-state index is 0.106. The first-order valence-electron chi connectivity index (χ1n) is 11.8. The van der Waals surface area contributed by atoms with Crippen LogP contribution in [0.3, 0.4) is 0 Å². The van der Waals surface area contributed by atoms with E-state index in [-0.39, 0.29) is 18.3 Å². The van der Waals surface area contributed by atoms with Gasteiger partial charge < -0.3 is 25.0 Å². The third-order valence-electron chi connectivity index (χ3n) is 5.84. The molecule has 0 unspecified atom stereocenters. The maximum atomic E-state index is 13.4. The molecule has 0 spiro atoms. The summed E-state index contributed by atoms with van der Waals surface area (Å²) in [5.41, 5.74) is 2.88. The Kier molecular flexibility index (Phi) is 7.94. The van der Waals surface area contributed by atoms with Gasteiger partial charge in [0.2, 0.25) is 0 Å². The predicted octanol–water partition coefficient (Wildman–Crippen LogP) is 6.38. The zero-order valence-electron chi connectivity index (χ0n) is 20.8. The zero-order valence-corrected chi connectivity index (χ0v) is 20.8. The Morgan fingerprint density at radius 1 is 0.974 bits per heavy atom. The number of methoxy groups -OCH3 is 1. The average Bonchev–Trinajstić information content (AvgIpc) is 2.85. The van der Waals surface area contributed by atoms with Gasteiger partial charge in [-0.1, -0.05) is 24.3 Å². The molecule has 11 heteroatoms. The summed E-state index contributed by atoms with van der Waals surface area (Å²) in [4.78, 5) is 29.3. The number of alkyl halides is 3. The molecule has 3 aromatic carbocycles. The first kappa shape index (κ1) is 26.6. The molecule has 0 bridgehead atoms. The van der Waals surface area contributed by atoms with E-state index >= 15 is 0 Å². The minimum Gasteiger partial charge on any atom is -0.497 e. The molecule has 1 heterocycles. The predicted molar refractivity (Wildman–Crippen MR) is 138 cm³/mol. The summed E-state index contributed by atoms with van der Waals surface area (Å²) >= 11 is 0. The van der Waals surface area contributed by atoms with Gasteiger partial charge in [0.15, 0.2) is 0 Å². The average molecular weight is 529 g/mol. The molecule has 8 nitrogen and oxygen atoms in total. The van der Waals surface area contributed by atoms with Gasteiger partial charge in [-0.2, -0.15) is 0 Å². The van der Waals surface area contributed by atoms with Gasteiger partial charge in [0, 0.05) is 31.4 Å². The van der Waals surface area contributed by atoms with Gasteiger partial charge in [-0.25, -0.2) is 9.59 Å². The quantitative estimate of drug-likeness (QED) is 0.373. The van der Waals surface area contributed by atoms with Crippen molar-refractivity contribution in [1.82, 2.24) is 4.90 Å². The molecule has 0 atom stereocenters. The molecule has 3 aromatic rings. The van der Waals surface area contributed by atoms with Crippen molar-refractivity contribution in [1.29, 1.82) is 0 Å². The number of urea groups is 2. The van der Waals surface area contributed by atoms with Crippen molar-refractivity contribution in [3.05, 3.63) is 77.9 Å². The van der Waals surface area contributed by atoms with Gasteiger partial charge in [-0.3, -0.25) is 4.90 Å². The number of nitrogens with one attached hydrogen (secondary N) is 2. The van der Waals surface area contributed by atoms with Crippen LogP contribution in [0.2, 0.25) is 0 Å². The van der Waals surface area contributed by atoms with Crippen molar-refractivity contribution in [2.75, 3.05) is 35.7 Å². The topological polar surface area (TPSA) is 83.1 Å². The summed E-state index contributed by atoms with van der Waals surface area (Å²) < 4.78 is 47.0. The lowest BCUT2D eigenvalue weighted by molar-refractivity contribution is -0.274. The van der Waals surface area contributed by atoms with E-state index in [2.05, 4.69) is 15.4 Å². The normalized spacial score (nSPS) is 13.8. The fraction of sp³-hybridized carbons (Fsp3) is 0.259. The summed E-state index contributed by atoms with van der Waals surface area (Å²) in [6.07, 6.45) is -4.17. The number of benzene rings is 3. The van der Waals surface area contributed by atoms with Crippen LogP contribution in [0.25, 0.3) is 0 Å². The first-order chi connectivity index (χ1) is 18.1. The number of carbonyl (C=O) groups is 2. The molecule has 1 saturated heterocycles. The third-order valence-corrected chi connectivity index (χ3v) is 5.84. The van der Waals surface area contributed by atoms with E-state index < -0.39 is 12.4 Å². The number of hydrogen-bond acceptors (Lipinski definition) is 4. The molecular weight excluding hydrogens is 501 g/mol. The second-order valence-electron chi connectivity index (χ2n) is 8.74. The molecule has 1 aliphatic heterocycles. The third kappa shape index (κ3) is 6.87. The van der Waals surface area contributed by atoms with Gasteiger partial charge in [0.05, 0.1) is 18.5 Å². The van der Waals surface area contributed by atoms with Crippen molar-refractivity contribution >= 4 is 29.1 Å². The van der Waals surface area contributed by atoms with Crippen LogP contribution in [0.4, 0.5) is 39.8 Å². The second-order valence-corrected chi connectivity index (χ2v) is 8.74. The molecule has 38 heavy (non-hydrogen) atoms. The van der Waals surface area contributed by atoms with E-state index in [4.69, 9.17) is 4.74 Å². The van der Waals surface area contributed by atoms with Crippen LogP contribution in [-0.4, -0.2) is 43.5 Å². The fourth-order valence-corrected chi connectivity index (χ4v) is 4.18. The SMILES string of the molecule is COc1cccc(NC(=O)Nc2cc(C)ccc2N2CCCN(Cc3cccc(OC(F)(F)F)c3)C2=O)c1. The molecular formula is C27H27F3N4O4. The Morgan fingerprint density at radius 2 is 1.74 bits per heavy atom. The molecule has 0 aromatic heterocycles. The monoisotopic (exact) mass is 528 g/mol. The highest BCUT2D eigenvalue weighted by atomic mass is 19.4. The van der Waals surface area contributed by atoms with Crippen molar-refractivity contribution in [2.24, 2.45) is 0 Å². The molecule has 0 saturated carbocycles. The Balaban J connectivity index is 1.50. The summed E-state index contributed by atoms with van der Waals surface area (Å²) in [6, 6.07) is 17.0. The van der Waals surface area contributed by atoms with Gasteiger partial charge in [0.1, 0.15) is 11.5 Å². The Hall–Kier alpha value is -4.41. The van der Waals surface area contributed by atoms with E-state index in [9.17, 15) is 22.8 Å². The maximum absolute atomic E-state index is 13.4. The molecule has 1 aliphatic rings. The van der Waals surface area contributed by atoms with Crippen LogP contribution in [0.1, 0.15) is 17.5 Å². The highest BCUT2D eigenvalue weighted by Gasteiger charge is 2.32. The van der Waals surface area contributed by atoms with Crippen LogP contribution in [0.15, 0.2) is 66.7 Å². The largest absolute Gasteiger partial charge is 0.573 e. The standard InChI is InChI=1S/C27H27F3N4O4/c1-18-10-11-24(23(14-18)32-25(35)31-20-7-4-8-21(16-20)37-2)34-13-5-12-33(26(34)36)17-19-6-3-9-22(15-19)38-27(28,29)30/h3-4,6-11,14-16H,5,12-13,17H2,1-2H3,(H2,31,32,35). The van der Waals surface area contributed by atoms with Crippen molar-refractivity contribution in [2.45, 2.75) is 26.3 Å². The van der Waals surface area contributed by atoms with Gasteiger partial charge in [0.25, 0.3) is 0 Å². The van der Waals surface area contributed by atoms with Crippen LogP contribution in [-0.2, 0) is 6.54 Å². The van der Waals surface area contributed by atoms with E-state index in [1.807, 2.05) is 13.0 Å². The molecule has 4 amide bonds. The maximum Gasteiger partial charge on any atom is 0.573 e. The first-order valence-corrected chi connectivity index (χ1v) is 11.8. The van der Waals surface area contributed by atoms with E-state index in [0.29, 0.717) is 47.9 Å². The second kappa shape index (κ2) is 11.3. The number of amides is 4. The molecule has 200 valence electrons. The van der Waals surface area contributed by atoms with Gasteiger partial charge >= 0.3 is 18.4 Å². The zero-order chi connectivity index (χ0) is 27.3. The summed E-state index contributed by atoms with van der Waals surface area (Å²) in [6.45, 7) is 2.83. The summed E-state index contributed by atoms with van der Waals surface area (Å²) in [7, 11) is 1.53. The highest BCUT2D eigenvalue weighted by Crippen LogP contribution is 2.31. The van der Waals surface area contributed by atoms with Crippen LogP contribution in [0, 0.1) is 6.92 Å². The van der Waals surface area contributed by atoms with Crippen LogP contribution < -0.4 is 25.0 Å². The van der Waals surface area contributed by atoms with E-state index in [1.165, 1.54) is 25.3 Å². The number of rotatable bonds is 7. The lowest BCUT2D eigenvalue weighted by Crippen LogP contribution is -2.49. The van der Waals surface area contributed by atoms with E-state index in [1.54, 1.807) is 52.3 Å². The van der Waals surface area contributed by atoms with E-state index in [0.717, 1.165) is 5.56 Å². The summed E-state index contributed by atoms with van der Waals surface area (Å²) in [5.74, 6) is 0.247. The molecule has 0 radical (unpaired) electrons. The Morgan fingerprint density at radius 3 is 2.50 bits per heavy atom. The summed E-state index contributed by atoms with van der Waals surface area (Å²) in [5, 5.41) is 5.58. The molecule has 4 rings (SSSR count). The van der Waals surface area contributed by atoms with Crippen LogP contribution >= 0.6 is 0 Å². The Bertz CT molecular complexity index is 1320. The molecule has 1 fully saturated rings. The lowest BCUT2D eigenvalue weighted by atomic mass is 10.1. The molecule has 2 N–H and O–H groups in total. The number of ether oxygens (including phenoxy) is 2. The molecule has 0 aliphatic carbocycles. The number of halogens is 3. The highest BCUT2D eigenvalue weighted by molar-refractivity contribution is 6.04. The minimum atomic E-state index is -4.80. The number of aryl methyl sites for hydroxylation is 1.